The van der Waals surface area contributed by atoms with Crippen LogP contribution in [-0.4, -0.2) is 56.3 Å². The fourth-order valence-electron chi connectivity index (χ4n) is 2.99. The Morgan fingerprint density at radius 2 is 1.96 bits per heavy atom. The Labute approximate surface area is 175 Å². The number of nitrogens with one attached hydrogen (secondary N) is 3. The van der Waals surface area contributed by atoms with Crippen LogP contribution in [0.1, 0.15) is 53.4 Å². The number of nitrogens with zero attached hydrogens (tertiary/aromatic N) is 1. The normalized spacial score (nSPS) is 22.2. The molecule has 150 valence electrons. The van der Waals surface area contributed by atoms with Crippen molar-refractivity contribution in [1.82, 2.24) is 15.4 Å². The van der Waals surface area contributed by atoms with Crippen LogP contribution in [-0.2, 0) is 10.0 Å². The van der Waals surface area contributed by atoms with Gasteiger partial charge in [-0.3, -0.25) is 4.99 Å². The predicted molar refractivity (Wildman–Crippen MR) is 121 cm³/mol. The fraction of sp³-hybridized carbons (Fsp3) is 0.938. The largest absolute Gasteiger partial charge is 0.357 e. The molecule has 3 N–H and O–H groups in total. The van der Waals surface area contributed by atoms with Gasteiger partial charge in [-0.25, -0.2) is 13.1 Å². The number of halogens is 1. The van der Waals surface area contributed by atoms with Gasteiger partial charge in [0.2, 0.25) is 10.0 Å². The topological polar surface area (TPSA) is 82.6 Å². The molecule has 25 heavy (non-hydrogen) atoms. The second-order valence-corrected chi connectivity index (χ2v) is 10.4. The average molecular weight is 507 g/mol. The van der Waals surface area contributed by atoms with Crippen molar-refractivity contribution in [2.75, 3.05) is 25.1 Å². The molecule has 0 saturated heterocycles. The molecule has 0 radical (unpaired) electrons. The summed E-state index contributed by atoms with van der Waals surface area (Å²) in [5, 5.41) is 7.53. The van der Waals surface area contributed by atoms with E-state index in [1.165, 1.54) is 19.1 Å². The van der Waals surface area contributed by atoms with E-state index in [9.17, 15) is 8.42 Å². The van der Waals surface area contributed by atoms with E-state index in [1.807, 2.05) is 32.5 Å². The number of aliphatic imine (C=N–C) groups is 1. The summed E-state index contributed by atoms with van der Waals surface area (Å²) < 4.78 is 25.5. The molecule has 0 spiro atoms. The van der Waals surface area contributed by atoms with Crippen molar-refractivity contribution in [3.63, 3.8) is 0 Å². The Bertz CT molecular complexity index is 510. The molecule has 1 aliphatic carbocycles. The molecular formula is C16H35IN4O2S2. The van der Waals surface area contributed by atoms with Gasteiger partial charge in [-0.05, 0) is 45.8 Å². The van der Waals surface area contributed by atoms with Crippen molar-refractivity contribution < 1.29 is 8.42 Å². The van der Waals surface area contributed by atoms with Gasteiger partial charge in [0, 0.05) is 23.4 Å². The molecule has 9 heteroatoms. The first-order valence-electron chi connectivity index (χ1n) is 8.80. The SMILES string of the molecule is CCNC(=NCC(C)(C)NS(C)(=O)=O)NC1CCCC(SCC)C1.I. The van der Waals surface area contributed by atoms with Gasteiger partial charge in [0.1, 0.15) is 0 Å². The van der Waals surface area contributed by atoms with Crippen LogP contribution in [0.4, 0.5) is 0 Å². The monoisotopic (exact) mass is 506 g/mol. The minimum atomic E-state index is -3.25. The van der Waals surface area contributed by atoms with Crippen molar-refractivity contribution in [3.05, 3.63) is 0 Å². The smallest absolute Gasteiger partial charge is 0.209 e. The number of thioether (sulfide) groups is 1. The Balaban J connectivity index is 0.00000576. The van der Waals surface area contributed by atoms with Crippen LogP contribution in [0, 0.1) is 0 Å². The summed E-state index contributed by atoms with van der Waals surface area (Å²) in [4.78, 5) is 4.60. The quantitative estimate of drug-likeness (QED) is 0.268. The lowest BCUT2D eigenvalue weighted by Crippen LogP contribution is -2.48. The van der Waals surface area contributed by atoms with Crippen LogP contribution < -0.4 is 15.4 Å². The number of sulfonamides is 1. The molecule has 2 atom stereocenters. The molecule has 2 unspecified atom stereocenters. The van der Waals surface area contributed by atoms with Crippen molar-refractivity contribution in [2.45, 2.75) is 70.2 Å². The maximum absolute atomic E-state index is 11.4. The van der Waals surface area contributed by atoms with Gasteiger partial charge in [0.25, 0.3) is 0 Å². The molecule has 1 saturated carbocycles. The van der Waals surface area contributed by atoms with E-state index in [4.69, 9.17) is 0 Å². The maximum Gasteiger partial charge on any atom is 0.209 e. The molecule has 0 aromatic heterocycles. The second kappa shape index (κ2) is 11.9. The van der Waals surface area contributed by atoms with E-state index < -0.39 is 15.6 Å². The Hall–Kier alpha value is 0.260. The number of hydrogen-bond acceptors (Lipinski definition) is 4. The van der Waals surface area contributed by atoms with Gasteiger partial charge in [0.15, 0.2) is 5.96 Å². The van der Waals surface area contributed by atoms with Crippen LogP contribution in [0.5, 0.6) is 0 Å². The summed E-state index contributed by atoms with van der Waals surface area (Å²) in [6.07, 6.45) is 6.05. The molecule has 0 amide bonds. The van der Waals surface area contributed by atoms with Gasteiger partial charge in [-0.1, -0.05) is 13.3 Å². The van der Waals surface area contributed by atoms with Crippen molar-refractivity contribution >= 4 is 51.7 Å². The standard InChI is InChI=1S/C16H34N4O2S2.HI/c1-6-17-15(18-12-16(3,4)20-24(5,21)22)19-13-9-8-10-14(11-13)23-7-2;/h13-14,20H,6-12H2,1-5H3,(H2,17,18,19);1H. The third kappa shape index (κ3) is 11.6. The zero-order valence-corrected chi connectivity index (χ0v) is 20.1. The van der Waals surface area contributed by atoms with Crippen molar-refractivity contribution in [1.29, 1.82) is 0 Å². The summed E-state index contributed by atoms with van der Waals surface area (Å²) in [5.74, 6) is 1.93. The molecule has 0 aromatic carbocycles. The predicted octanol–water partition coefficient (Wildman–Crippen LogP) is 2.55. The highest BCUT2D eigenvalue weighted by Gasteiger charge is 2.24. The first kappa shape index (κ1) is 25.3. The van der Waals surface area contributed by atoms with Crippen molar-refractivity contribution in [2.24, 2.45) is 4.99 Å². The maximum atomic E-state index is 11.4. The van der Waals surface area contributed by atoms with Gasteiger partial charge in [-0.2, -0.15) is 11.8 Å². The highest BCUT2D eigenvalue weighted by molar-refractivity contribution is 14.0. The summed E-state index contributed by atoms with van der Waals surface area (Å²) in [5.41, 5.74) is -0.608. The number of rotatable bonds is 8. The van der Waals surface area contributed by atoms with Crippen LogP contribution in [0.25, 0.3) is 0 Å². The van der Waals surface area contributed by atoms with E-state index in [2.05, 4.69) is 27.3 Å². The molecular weight excluding hydrogens is 471 g/mol. The zero-order chi connectivity index (χ0) is 18.2. The van der Waals surface area contributed by atoms with Gasteiger partial charge < -0.3 is 10.6 Å². The molecule has 0 aliphatic heterocycles. The molecule has 1 fully saturated rings. The van der Waals surface area contributed by atoms with Crippen LogP contribution in [0.2, 0.25) is 0 Å². The lowest BCUT2D eigenvalue weighted by Gasteiger charge is -2.31. The minimum Gasteiger partial charge on any atom is -0.357 e. The summed E-state index contributed by atoms with van der Waals surface area (Å²) in [6, 6.07) is 0.437. The van der Waals surface area contributed by atoms with Crippen LogP contribution in [0.15, 0.2) is 4.99 Å². The lowest BCUT2D eigenvalue weighted by molar-refractivity contribution is 0.416. The van der Waals surface area contributed by atoms with E-state index in [0.29, 0.717) is 12.6 Å². The van der Waals surface area contributed by atoms with Crippen LogP contribution in [0.3, 0.4) is 0 Å². The number of hydrogen-bond donors (Lipinski definition) is 3. The third-order valence-corrected chi connectivity index (χ3v) is 5.96. The highest BCUT2D eigenvalue weighted by Crippen LogP contribution is 2.28. The zero-order valence-electron chi connectivity index (χ0n) is 16.1. The van der Waals surface area contributed by atoms with Gasteiger partial charge >= 0.3 is 0 Å². The Morgan fingerprint density at radius 3 is 2.52 bits per heavy atom. The second-order valence-electron chi connectivity index (χ2n) is 7.04. The van der Waals surface area contributed by atoms with Gasteiger partial charge in [0.05, 0.1) is 12.8 Å². The minimum absolute atomic E-state index is 0. The van der Waals surface area contributed by atoms with Gasteiger partial charge in [-0.15, -0.1) is 24.0 Å². The molecule has 6 nitrogen and oxygen atoms in total. The fourth-order valence-corrected chi connectivity index (χ4v) is 5.23. The Morgan fingerprint density at radius 1 is 1.28 bits per heavy atom. The highest BCUT2D eigenvalue weighted by atomic mass is 127. The van der Waals surface area contributed by atoms with Crippen molar-refractivity contribution in [3.8, 4) is 0 Å². The third-order valence-electron chi connectivity index (χ3n) is 3.81. The molecule has 0 aromatic rings. The van der Waals surface area contributed by atoms with E-state index in [1.54, 1.807) is 0 Å². The van der Waals surface area contributed by atoms with E-state index >= 15 is 0 Å². The van der Waals surface area contributed by atoms with E-state index in [0.717, 1.165) is 36.3 Å². The first-order chi connectivity index (χ1) is 11.1. The summed E-state index contributed by atoms with van der Waals surface area (Å²) in [7, 11) is -3.25. The number of guanidine groups is 1. The molecule has 0 heterocycles. The summed E-state index contributed by atoms with van der Waals surface area (Å²) in [6.45, 7) is 9.10. The van der Waals surface area contributed by atoms with E-state index in [-0.39, 0.29) is 24.0 Å². The Kier molecular flexibility index (Phi) is 12.0. The first-order valence-corrected chi connectivity index (χ1v) is 11.7. The average Bonchev–Trinajstić information content (AvgIpc) is 2.43. The molecule has 1 aliphatic rings. The summed E-state index contributed by atoms with van der Waals surface area (Å²) >= 11 is 2.04. The van der Waals surface area contributed by atoms with Crippen LogP contribution >= 0.6 is 35.7 Å². The molecule has 0 bridgehead atoms. The molecule has 1 rings (SSSR count). The lowest BCUT2D eigenvalue weighted by atomic mass is 9.95.